The van der Waals surface area contributed by atoms with Crippen LogP contribution in [0.3, 0.4) is 0 Å². The maximum atomic E-state index is 6.32. The highest BCUT2D eigenvalue weighted by Gasteiger charge is 2.13. The fraction of sp³-hybridized carbons (Fsp3) is 0.333. The highest BCUT2D eigenvalue weighted by Crippen LogP contribution is 2.05. The Bertz CT molecular complexity index is 515. The van der Waals surface area contributed by atoms with Crippen molar-refractivity contribution < 1.29 is 0 Å². The predicted molar refractivity (Wildman–Crippen MR) is 92.0 cm³/mol. The minimum absolute atomic E-state index is 0.0486. The van der Waals surface area contributed by atoms with Gasteiger partial charge in [0.15, 0.2) is 0 Å². The second-order valence-corrected chi connectivity index (χ2v) is 5.43. The van der Waals surface area contributed by atoms with Crippen LogP contribution in [0, 0.1) is 0 Å². The van der Waals surface area contributed by atoms with Gasteiger partial charge in [0.1, 0.15) is 0 Å². The van der Waals surface area contributed by atoms with Crippen LogP contribution in [0.5, 0.6) is 0 Å². The lowest BCUT2D eigenvalue weighted by Crippen LogP contribution is -2.49. The average molecular weight is 298 g/mol. The SMILES string of the molecule is NCCN(Cc1ccccc1)C(N)CNCc1ccccc1. The Hall–Kier alpha value is -1.72. The molecule has 2 aromatic carbocycles. The van der Waals surface area contributed by atoms with Crippen LogP contribution in [0.15, 0.2) is 60.7 Å². The number of hydrogen-bond acceptors (Lipinski definition) is 4. The number of nitrogens with one attached hydrogen (secondary N) is 1. The fourth-order valence-electron chi connectivity index (χ4n) is 2.44. The first-order valence-corrected chi connectivity index (χ1v) is 7.78. The molecule has 0 aliphatic rings. The minimum Gasteiger partial charge on any atom is -0.329 e. The van der Waals surface area contributed by atoms with Crippen molar-refractivity contribution in [3.8, 4) is 0 Å². The van der Waals surface area contributed by atoms with E-state index in [1.54, 1.807) is 0 Å². The van der Waals surface area contributed by atoms with Crippen LogP contribution >= 0.6 is 0 Å². The molecule has 0 saturated carbocycles. The number of nitrogens with zero attached hydrogens (tertiary/aromatic N) is 1. The van der Waals surface area contributed by atoms with Crippen LogP contribution in [-0.4, -0.2) is 30.7 Å². The first-order valence-electron chi connectivity index (χ1n) is 7.78. The molecule has 2 aromatic rings. The van der Waals surface area contributed by atoms with Gasteiger partial charge in [-0.25, -0.2) is 0 Å². The molecule has 118 valence electrons. The summed E-state index contributed by atoms with van der Waals surface area (Å²) in [7, 11) is 0. The normalized spacial score (nSPS) is 12.5. The van der Waals surface area contributed by atoms with Gasteiger partial charge in [-0.3, -0.25) is 4.90 Å². The Kier molecular flexibility index (Phi) is 7.06. The van der Waals surface area contributed by atoms with Gasteiger partial charge in [0, 0.05) is 32.7 Å². The molecule has 0 radical (unpaired) electrons. The van der Waals surface area contributed by atoms with Crippen molar-refractivity contribution >= 4 is 0 Å². The average Bonchev–Trinajstić information content (AvgIpc) is 2.56. The van der Waals surface area contributed by atoms with Gasteiger partial charge in [0.25, 0.3) is 0 Å². The van der Waals surface area contributed by atoms with Gasteiger partial charge in [-0.15, -0.1) is 0 Å². The summed E-state index contributed by atoms with van der Waals surface area (Å²) in [5.74, 6) is 0. The third-order valence-corrected chi connectivity index (χ3v) is 3.64. The molecule has 5 N–H and O–H groups in total. The van der Waals surface area contributed by atoms with E-state index >= 15 is 0 Å². The summed E-state index contributed by atoms with van der Waals surface area (Å²) in [6, 6.07) is 20.7. The van der Waals surface area contributed by atoms with Crippen molar-refractivity contribution in [2.24, 2.45) is 11.5 Å². The van der Waals surface area contributed by atoms with Crippen molar-refractivity contribution in [1.29, 1.82) is 0 Å². The molecular weight excluding hydrogens is 272 g/mol. The van der Waals surface area contributed by atoms with Crippen LogP contribution in [0.1, 0.15) is 11.1 Å². The zero-order chi connectivity index (χ0) is 15.6. The highest BCUT2D eigenvalue weighted by atomic mass is 15.2. The van der Waals surface area contributed by atoms with E-state index in [4.69, 9.17) is 11.5 Å². The van der Waals surface area contributed by atoms with Gasteiger partial charge in [-0.05, 0) is 11.1 Å². The van der Waals surface area contributed by atoms with E-state index < -0.39 is 0 Å². The third kappa shape index (κ3) is 5.58. The molecule has 0 aromatic heterocycles. The summed E-state index contributed by atoms with van der Waals surface area (Å²) in [6.45, 7) is 3.80. The molecular formula is C18H26N4. The highest BCUT2D eigenvalue weighted by molar-refractivity contribution is 5.15. The fourth-order valence-corrected chi connectivity index (χ4v) is 2.44. The van der Waals surface area contributed by atoms with E-state index in [1.165, 1.54) is 11.1 Å². The topological polar surface area (TPSA) is 67.3 Å². The van der Waals surface area contributed by atoms with E-state index in [0.717, 1.165) is 26.2 Å². The molecule has 1 unspecified atom stereocenters. The van der Waals surface area contributed by atoms with Crippen LogP contribution in [-0.2, 0) is 13.1 Å². The van der Waals surface area contributed by atoms with E-state index in [2.05, 4.69) is 46.6 Å². The summed E-state index contributed by atoms with van der Waals surface area (Å²) in [4.78, 5) is 2.22. The predicted octanol–water partition coefficient (Wildman–Crippen LogP) is 1.52. The van der Waals surface area contributed by atoms with Crippen LogP contribution in [0.4, 0.5) is 0 Å². The van der Waals surface area contributed by atoms with E-state index in [1.807, 2.05) is 24.3 Å². The number of nitrogens with two attached hydrogens (primary N) is 2. The summed E-state index contributed by atoms with van der Waals surface area (Å²) >= 11 is 0. The summed E-state index contributed by atoms with van der Waals surface area (Å²) < 4.78 is 0. The molecule has 2 rings (SSSR count). The minimum atomic E-state index is -0.0486. The van der Waals surface area contributed by atoms with E-state index in [9.17, 15) is 0 Å². The zero-order valence-corrected chi connectivity index (χ0v) is 13.0. The smallest absolute Gasteiger partial charge is 0.0703 e. The Morgan fingerprint density at radius 1 is 0.909 bits per heavy atom. The molecule has 0 bridgehead atoms. The van der Waals surface area contributed by atoms with Gasteiger partial charge in [-0.2, -0.15) is 0 Å². The Balaban J connectivity index is 1.82. The molecule has 0 spiro atoms. The van der Waals surface area contributed by atoms with Gasteiger partial charge in [-0.1, -0.05) is 60.7 Å². The van der Waals surface area contributed by atoms with Gasteiger partial charge >= 0.3 is 0 Å². The first-order chi connectivity index (χ1) is 10.8. The molecule has 1 atom stereocenters. The standard InChI is InChI=1S/C18H26N4/c19-11-12-22(15-17-9-5-2-6-10-17)18(20)14-21-13-16-7-3-1-4-8-16/h1-10,18,21H,11-15,19-20H2. The Morgan fingerprint density at radius 3 is 2.09 bits per heavy atom. The van der Waals surface area contributed by atoms with Crippen molar-refractivity contribution in [3.05, 3.63) is 71.8 Å². The second-order valence-electron chi connectivity index (χ2n) is 5.43. The Morgan fingerprint density at radius 2 is 1.50 bits per heavy atom. The van der Waals surface area contributed by atoms with Crippen LogP contribution in [0.2, 0.25) is 0 Å². The van der Waals surface area contributed by atoms with E-state index in [-0.39, 0.29) is 6.17 Å². The maximum absolute atomic E-state index is 6.32. The zero-order valence-electron chi connectivity index (χ0n) is 13.0. The Labute approximate surface area is 133 Å². The molecule has 0 fully saturated rings. The van der Waals surface area contributed by atoms with Crippen molar-refractivity contribution in [2.75, 3.05) is 19.6 Å². The lowest BCUT2D eigenvalue weighted by atomic mass is 10.2. The quantitative estimate of drug-likeness (QED) is 0.614. The van der Waals surface area contributed by atoms with Gasteiger partial charge < -0.3 is 16.8 Å². The summed E-state index contributed by atoms with van der Waals surface area (Å²) in [5.41, 5.74) is 14.6. The van der Waals surface area contributed by atoms with E-state index in [0.29, 0.717) is 6.54 Å². The molecule has 0 aliphatic heterocycles. The molecule has 0 saturated heterocycles. The number of benzene rings is 2. The molecule has 0 aliphatic carbocycles. The molecule has 22 heavy (non-hydrogen) atoms. The maximum Gasteiger partial charge on any atom is 0.0703 e. The monoisotopic (exact) mass is 298 g/mol. The largest absolute Gasteiger partial charge is 0.329 e. The van der Waals surface area contributed by atoms with Crippen molar-refractivity contribution in [1.82, 2.24) is 10.2 Å². The van der Waals surface area contributed by atoms with Crippen molar-refractivity contribution in [3.63, 3.8) is 0 Å². The van der Waals surface area contributed by atoms with Crippen molar-refractivity contribution in [2.45, 2.75) is 19.3 Å². The number of rotatable bonds is 9. The molecule has 0 amide bonds. The van der Waals surface area contributed by atoms with Crippen LogP contribution in [0.25, 0.3) is 0 Å². The van der Waals surface area contributed by atoms with Crippen LogP contribution < -0.4 is 16.8 Å². The molecule has 4 nitrogen and oxygen atoms in total. The van der Waals surface area contributed by atoms with Gasteiger partial charge in [0.2, 0.25) is 0 Å². The number of hydrogen-bond donors (Lipinski definition) is 3. The first kappa shape index (κ1) is 16.6. The molecule has 4 heteroatoms. The molecule has 0 heterocycles. The second kappa shape index (κ2) is 9.33. The lowest BCUT2D eigenvalue weighted by Gasteiger charge is -2.28. The van der Waals surface area contributed by atoms with Gasteiger partial charge in [0.05, 0.1) is 6.17 Å². The summed E-state index contributed by atoms with van der Waals surface area (Å²) in [5, 5.41) is 3.42. The summed E-state index contributed by atoms with van der Waals surface area (Å²) in [6.07, 6.45) is -0.0486. The lowest BCUT2D eigenvalue weighted by molar-refractivity contribution is 0.191. The third-order valence-electron chi connectivity index (χ3n) is 3.64.